The minimum atomic E-state index is -0.343. The zero-order valence-electron chi connectivity index (χ0n) is 16.7. The first-order valence-corrected chi connectivity index (χ1v) is 9.01. The molecule has 0 aromatic carbocycles. The van der Waals surface area contributed by atoms with Crippen LogP contribution in [0.2, 0.25) is 0 Å². The van der Waals surface area contributed by atoms with Crippen LogP contribution in [0.1, 0.15) is 46.0 Å². The molecule has 0 aliphatic rings. The second kappa shape index (κ2) is 11.4. The number of hydrogen-bond acceptors (Lipinski definition) is 7. The number of nitrogens with one attached hydrogen (secondary N) is 2. The molecule has 0 fully saturated rings. The average molecular weight is 460 g/mol. The van der Waals surface area contributed by atoms with Crippen molar-refractivity contribution < 1.29 is 26.1 Å². The van der Waals surface area contributed by atoms with Crippen LogP contribution in [0.25, 0.3) is 0 Å². The number of pyridine rings is 3. The minimum absolute atomic E-state index is 0. The van der Waals surface area contributed by atoms with Gasteiger partial charge in [-0.3, -0.25) is 19.6 Å². The van der Waals surface area contributed by atoms with Crippen LogP contribution >= 0.6 is 0 Å². The molecule has 0 saturated carbocycles. The van der Waals surface area contributed by atoms with E-state index >= 15 is 0 Å². The Kier molecular flexibility index (Phi) is 8.66. The predicted octanol–water partition coefficient (Wildman–Crippen LogP) is 2.18. The number of hydrazone groups is 2. The normalized spacial score (nSPS) is 11.3. The van der Waals surface area contributed by atoms with E-state index < -0.39 is 0 Å². The fourth-order valence-corrected chi connectivity index (χ4v) is 2.36. The maximum atomic E-state index is 12.1. The molecule has 3 aromatic heterocycles. The van der Waals surface area contributed by atoms with Gasteiger partial charge in [0.15, 0.2) is 0 Å². The molecule has 158 valence electrons. The van der Waals surface area contributed by atoms with Gasteiger partial charge in [0.05, 0.1) is 22.8 Å². The zero-order chi connectivity index (χ0) is 21.3. The van der Waals surface area contributed by atoms with Gasteiger partial charge in [0.25, 0.3) is 11.8 Å². The Bertz CT molecular complexity index is 1020. The number of rotatable bonds is 6. The molecule has 0 atom stereocenters. The summed E-state index contributed by atoms with van der Waals surface area (Å²) in [5, 5.41) is 8.21. The quantitative estimate of drug-likeness (QED) is 0.332. The van der Waals surface area contributed by atoms with Crippen LogP contribution in [0.5, 0.6) is 0 Å². The summed E-state index contributed by atoms with van der Waals surface area (Å²) in [7, 11) is 0. The maximum Gasteiger partial charge on any atom is 2.00 e. The van der Waals surface area contributed by atoms with Gasteiger partial charge in [-0.15, -0.1) is 0 Å². The molecule has 3 rings (SSSR count). The van der Waals surface area contributed by atoms with Gasteiger partial charge in [-0.2, -0.15) is 10.2 Å². The summed E-state index contributed by atoms with van der Waals surface area (Å²) in [6, 6.07) is 11.7. The summed E-state index contributed by atoms with van der Waals surface area (Å²) in [6.45, 7) is 3.47. The van der Waals surface area contributed by atoms with Gasteiger partial charge in [-0.05, 0) is 50.2 Å². The zero-order valence-corrected chi connectivity index (χ0v) is 17.7. The number of amides is 2. The minimum Gasteiger partial charge on any atom is -0.267 e. The molecule has 3 aromatic rings. The van der Waals surface area contributed by atoms with Crippen molar-refractivity contribution in [3.63, 3.8) is 0 Å². The summed E-state index contributed by atoms with van der Waals surface area (Å²) in [5.41, 5.74) is 8.07. The first kappa shape index (κ1) is 23.5. The Morgan fingerprint density at radius 2 is 1.10 bits per heavy atom. The fourth-order valence-electron chi connectivity index (χ4n) is 2.36. The predicted molar refractivity (Wildman–Crippen MR) is 112 cm³/mol. The van der Waals surface area contributed by atoms with Crippen molar-refractivity contribution in [3.8, 4) is 0 Å². The third-order valence-electron chi connectivity index (χ3n) is 4.03. The van der Waals surface area contributed by atoms with Gasteiger partial charge in [0.1, 0.15) is 0 Å². The molecule has 2 amide bonds. The largest absolute Gasteiger partial charge is 2.00 e. The second-order valence-electron chi connectivity index (χ2n) is 6.16. The molecule has 0 radical (unpaired) electrons. The van der Waals surface area contributed by atoms with Crippen molar-refractivity contribution in [1.29, 1.82) is 0 Å². The Hall–Kier alpha value is -3.78. The van der Waals surface area contributed by atoms with Gasteiger partial charge >= 0.3 is 16.5 Å². The molecule has 0 bridgehead atoms. The third kappa shape index (κ3) is 6.62. The standard InChI is InChI=1S/C21H19N7O2.Ni/c1-14(25-27-20(29)16-6-10-22-11-7-16)18-4-3-5-19(24-18)15(2)26-28-21(30)17-8-12-23-13-9-17;/h3-13H,1-2H3,(H,27,29)(H,28,30);/q;+2. The van der Waals surface area contributed by atoms with Crippen LogP contribution in [0, 0.1) is 0 Å². The Balaban J connectivity index is 0.00000341. The summed E-state index contributed by atoms with van der Waals surface area (Å²) in [4.78, 5) is 36.4. The molecule has 31 heavy (non-hydrogen) atoms. The number of carbonyl (C=O) groups is 2. The molecule has 10 heteroatoms. The third-order valence-corrected chi connectivity index (χ3v) is 4.03. The first-order valence-electron chi connectivity index (χ1n) is 9.01. The Morgan fingerprint density at radius 1 is 0.710 bits per heavy atom. The van der Waals surface area contributed by atoms with Crippen molar-refractivity contribution in [3.05, 3.63) is 89.8 Å². The van der Waals surface area contributed by atoms with Crippen LogP contribution < -0.4 is 10.9 Å². The van der Waals surface area contributed by atoms with Gasteiger partial charge in [0, 0.05) is 35.9 Å². The van der Waals surface area contributed by atoms with Crippen molar-refractivity contribution in [2.75, 3.05) is 0 Å². The van der Waals surface area contributed by atoms with E-state index in [0.717, 1.165) is 0 Å². The van der Waals surface area contributed by atoms with Crippen molar-refractivity contribution in [2.24, 2.45) is 10.2 Å². The molecule has 0 saturated heterocycles. The van der Waals surface area contributed by atoms with E-state index in [9.17, 15) is 9.59 Å². The van der Waals surface area contributed by atoms with E-state index in [1.807, 2.05) is 0 Å². The Labute approximate surface area is 189 Å². The smallest absolute Gasteiger partial charge is 0.267 e. The Morgan fingerprint density at radius 3 is 1.48 bits per heavy atom. The van der Waals surface area contributed by atoms with E-state index in [1.54, 1.807) is 56.3 Å². The summed E-state index contributed by atoms with van der Waals surface area (Å²) in [6.07, 6.45) is 6.14. The van der Waals surface area contributed by atoms with Gasteiger partial charge in [0.2, 0.25) is 0 Å². The van der Waals surface area contributed by atoms with E-state index in [1.165, 1.54) is 24.8 Å². The van der Waals surface area contributed by atoms with Crippen LogP contribution in [0.3, 0.4) is 0 Å². The molecule has 3 heterocycles. The second-order valence-corrected chi connectivity index (χ2v) is 6.16. The average Bonchev–Trinajstić information content (AvgIpc) is 2.81. The van der Waals surface area contributed by atoms with Crippen molar-refractivity contribution >= 4 is 23.2 Å². The van der Waals surface area contributed by atoms with E-state index in [0.29, 0.717) is 33.9 Å². The van der Waals surface area contributed by atoms with Crippen molar-refractivity contribution in [1.82, 2.24) is 25.8 Å². The van der Waals surface area contributed by atoms with Gasteiger partial charge in [-0.25, -0.2) is 15.8 Å². The first-order chi connectivity index (χ1) is 14.5. The molecule has 0 spiro atoms. The van der Waals surface area contributed by atoms with Gasteiger partial charge < -0.3 is 0 Å². The number of nitrogens with zero attached hydrogens (tertiary/aromatic N) is 5. The van der Waals surface area contributed by atoms with Crippen LogP contribution in [0.15, 0.2) is 77.5 Å². The molecule has 2 N–H and O–H groups in total. The van der Waals surface area contributed by atoms with Crippen LogP contribution in [-0.4, -0.2) is 38.2 Å². The molecule has 0 aliphatic carbocycles. The number of carbonyl (C=O) groups excluding carboxylic acids is 2. The summed E-state index contributed by atoms with van der Waals surface area (Å²) in [5.74, 6) is -0.686. The molecular formula is C21H19N7NiO2+2. The number of aromatic nitrogens is 3. The van der Waals surface area contributed by atoms with E-state index in [-0.39, 0.29) is 28.3 Å². The molecule has 0 aliphatic heterocycles. The van der Waals surface area contributed by atoms with Gasteiger partial charge in [-0.1, -0.05) is 6.07 Å². The summed E-state index contributed by atoms with van der Waals surface area (Å²) < 4.78 is 0. The van der Waals surface area contributed by atoms with E-state index in [4.69, 9.17) is 0 Å². The van der Waals surface area contributed by atoms with Crippen LogP contribution in [0.4, 0.5) is 0 Å². The molecule has 9 nitrogen and oxygen atoms in total. The number of hydrogen-bond donors (Lipinski definition) is 2. The van der Waals surface area contributed by atoms with Crippen molar-refractivity contribution in [2.45, 2.75) is 13.8 Å². The SMILES string of the molecule is CC(=NNC(=O)c1ccncc1)c1cccc(C(C)=NNC(=O)c2ccncc2)n1.[Ni+2]. The molecule has 0 unspecified atom stereocenters. The topological polar surface area (TPSA) is 122 Å². The molecular weight excluding hydrogens is 441 g/mol. The summed E-state index contributed by atoms with van der Waals surface area (Å²) >= 11 is 0. The fraction of sp³-hybridized carbons (Fsp3) is 0.0952. The van der Waals surface area contributed by atoms with Crippen LogP contribution in [-0.2, 0) is 16.5 Å². The monoisotopic (exact) mass is 459 g/mol. The maximum absolute atomic E-state index is 12.1. The van der Waals surface area contributed by atoms with E-state index in [2.05, 4.69) is 36.0 Å².